The lowest BCUT2D eigenvalue weighted by molar-refractivity contribution is -0.141. The first-order valence-corrected chi connectivity index (χ1v) is 12.1. The number of rotatable bonds is 10. The molecule has 3 heterocycles. The van der Waals surface area contributed by atoms with Crippen LogP contribution >= 0.6 is 0 Å². The van der Waals surface area contributed by atoms with Gasteiger partial charge in [0.15, 0.2) is 6.10 Å². The van der Waals surface area contributed by atoms with Crippen LogP contribution in [-0.2, 0) is 22.3 Å². The number of hydrogen-bond donors (Lipinski definition) is 3. The highest BCUT2D eigenvalue weighted by molar-refractivity contribution is 5.80. The average Bonchev–Trinajstić information content (AvgIpc) is 3.50. The normalized spacial score (nSPS) is 14.6. The van der Waals surface area contributed by atoms with Gasteiger partial charge in [-0.25, -0.2) is 9.97 Å². The van der Waals surface area contributed by atoms with Crippen LogP contribution in [0.3, 0.4) is 0 Å². The molecule has 1 atom stereocenters. The summed E-state index contributed by atoms with van der Waals surface area (Å²) in [4.78, 5) is 33.0. The molecule has 0 aliphatic carbocycles. The number of aromatic nitrogens is 4. The summed E-state index contributed by atoms with van der Waals surface area (Å²) in [6, 6.07) is 6.12. The zero-order valence-electron chi connectivity index (χ0n) is 20.7. The molecule has 3 aromatic rings. The van der Waals surface area contributed by atoms with E-state index in [1.807, 2.05) is 13.0 Å². The maximum Gasteiger partial charge on any atom is 0.433 e. The van der Waals surface area contributed by atoms with Gasteiger partial charge in [0.2, 0.25) is 11.9 Å². The Hall–Kier alpha value is -4.00. The third-order valence-corrected chi connectivity index (χ3v) is 5.98. The number of benzene rings is 1. The van der Waals surface area contributed by atoms with E-state index in [0.29, 0.717) is 37.2 Å². The van der Waals surface area contributed by atoms with Gasteiger partial charge in [-0.3, -0.25) is 14.3 Å². The number of aryl methyl sites for hydroxylation is 1. The first kappa shape index (κ1) is 27.0. The second-order valence-corrected chi connectivity index (χ2v) is 9.07. The fourth-order valence-corrected chi connectivity index (χ4v) is 4.14. The first-order chi connectivity index (χ1) is 18.1. The summed E-state index contributed by atoms with van der Waals surface area (Å²) in [6.07, 6.45) is 0.402. The Morgan fingerprint density at radius 1 is 1.24 bits per heavy atom. The molecule has 0 unspecified atom stereocenters. The van der Waals surface area contributed by atoms with Gasteiger partial charge in [0.25, 0.3) is 5.91 Å². The van der Waals surface area contributed by atoms with Crippen molar-refractivity contribution < 1.29 is 27.9 Å². The van der Waals surface area contributed by atoms with Crippen LogP contribution in [0.5, 0.6) is 0 Å². The fraction of sp³-hybridized carbons (Fsp3) is 0.400. The first-order valence-electron chi connectivity index (χ1n) is 12.1. The topological polar surface area (TPSA) is 125 Å². The molecule has 2 amide bonds. The average molecular weight is 532 g/mol. The number of aliphatic hydroxyl groups excluding tert-OH is 1. The van der Waals surface area contributed by atoms with Crippen molar-refractivity contribution in [2.45, 2.75) is 45.0 Å². The molecule has 1 saturated heterocycles. The molecule has 202 valence electrons. The van der Waals surface area contributed by atoms with Gasteiger partial charge in [-0.2, -0.15) is 18.3 Å². The predicted octanol–water partition coefficient (Wildman–Crippen LogP) is 2.90. The van der Waals surface area contributed by atoms with Gasteiger partial charge in [-0.1, -0.05) is 6.07 Å². The summed E-state index contributed by atoms with van der Waals surface area (Å²) in [5, 5.41) is 20.0. The Morgan fingerprint density at radius 3 is 2.79 bits per heavy atom. The lowest BCUT2D eigenvalue weighted by Crippen LogP contribution is -2.38. The van der Waals surface area contributed by atoms with E-state index in [1.54, 1.807) is 29.4 Å². The van der Waals surface area contributed by atoms with E-state index in [4.69, 9.17) is 0 Å². The zero-order valence-corrected chi connectivity index (χ0v) is 20.7. The number of carbonyl (C=O) groups excluding carboxylic acids is 2. The molecule has 1 aliphatic heterocycles. The van der Waals surface area contributed by atoms with Crippen molar-refractivity contribution in [2.75, 3.05) is 25.0 Å². The Bertz CT molecular complexity index is 1300. The van der Waals surface area contributed by atoms with Crippen LogP contribution in [0.2, 0.25) is 0 Å². The molecular weight excluding hydrogens is 503 g/mol. The smallest absolute Gasteiger partial charge is 0.381 e. The van der Waals surface area contributed by atoms with Crippen LogP contribution in [0.1, 0.15) is 30.5 Å². The van der Waals surface area contributed by atoms with E-state index in [2.05, 4.69) is 25.7 Å². The largest absolute Gasteiger partial charge is 0.433 e. The van der Waals surface area contributed by atoms with Crippen LogP contribution < -0.4 is 10.6 Å². The SMILES string of the molecule is Cc1cc(Nc2nccc(C(F)(F)F)n2)cc(-c2cnn(C[C@H](O)C(=O)NCCCN3CCCC3=O)c2)c1. The summed E-state index contributed by atoms with van der Waals surface area (Å²) in [6.45, 7) is 3.43. The van der Waals surface area contributed by atoms with Crippen molar-refractivity contribution in [1.29, 1.82) is 0 Å². The standard InChI is InChI=1S/C25H28F3N7O3/c1-16-10-17(12-19(11-16)32-24-30-7-5-21(33-24)25(26,27)28)18-13-31-35(14-18)15-20(36)23(38)29-6-3-9-34-8-2-4-22(34)37/h5,7,10-14,20,36H,2-4,6,8-9,15H2,1H3,(H,29,38)(H,30,32,33)/t20-/m0/s1. The van der Waals surface area contributed by atoms with Gasteiger partial charge in [-0.15, -0.1) is 0 Å². The Kier molecular flexibility index (Phi) is 8.25. The Balaban J connectivity index is 1.34. The highest BCUT2D eigenvalue weighted by Crippen LogP contribution is 2.29. The number of nitrogens with one attached hydrogen (secondary N) is 2. The van der Waals surface area contributed by atoms with Crippen molar-refractivity contribution >= 4 is 23.5 Å². The summed E-state index contributed by atoms with van der Waals surface area (Å²) < 4.78 is 40.3. The molecule has 38 heavy (non-hydrogen) atoms. The number of hydrogen-bond acceptors (Lipinski definition) is 7. The molecule has 2 aromatic heterocycles. The van der Waals surface area contributed by atoms with E-state index in [9.17, 15) is 27.9 Å². The highest BCUT2D eigenvalue weighted by atomic mass is 19.4. The van der Waals surface area contributed by atoms with Gasteiger partial charge in [-0.05, 0) is 49.1 Å². The molecule has 3 N–H and O–H groups in total. The lowest BCUT2D eigenvalue weighted by Gasteiger charge is -2.16. The third kappa shape index (κ3) is 7.06. The van der Waals surface area contributed by atoms with Crippen LogP contribution in [0.4, 0.5) is 24.8 Å². The molecule has 1 aliphatic rings. The molecule has 10 nitrogen and oxygen atoms in total. The predicted molar refractivity (Wildman–Crippen MR) is 132 cm³/mol. The van der Waals surface area contributed by atoms with Crippen molar-refractivity contribution in [3.63, 3.8) is 0 Å². The summed E-state index contributed by atoms with van der Waals surface area (Å²) in [5.41, 5.74) is 1.68. The number of anilines is 2. The van der Waals surface area contributed by atoms with Crippen molar-refractivity contribution in [3.05, 3.63) is 54.1 Å². The minimum absolute atomic E-state index is 0.0640. The Labute approximate surface area is 216 Å². The zero-order chi connectivity index (χ0) is 27.3. The minimum atomic E-state index is -4.58. The van der Waals surface area contributed by atoms with Crippen LogP contribution in [0.15, 0.2) is 42.9 Å². The molecule has 1 aromatic carbocycles. The van der Waals surface area contributed by atoms with E-state index in [-0.39, 0.29) is 18.4 Å². The maximum atomic E-state index is 13.0. The number of carbonyl (C=O) groups is 2. The molecule has 0 saturated carbocycles. The maximum absolute atomic E-state index is 13.0. The second kappa shape index (κ2) is 11.6. The van der Waals surface area contributed by atoms with Gasteiger partial charge in [0.05, 0.1) is 12.7 Å². The molecular formula is C25H28F3N7O3. The van der Waals surface area contributed by atoms with Gasteiger partial charge < -0.3 is 20.6 Å². The number of alkyl halides is 3. The molecule has 4 rings (SSSR count). The fourth-order valence-electron chi connectivity index (χ4n) is 4.14. The van der Waals surface area contributed by atoms with E-state index < -0.39 is 23.9 Å². The number of halogens is 3. The molecule has 0 bridgehead atoms. The van der Waals surface area contributed by atoms with Crippen LogP contribution in [-0.4, -0.2) is 67.3 Å². The van der Waals surface area contributed by atoms with E-state index >= 15 is 0 Å². The minimum Gasteiger partial charge on any atom is -0.381 e. The number of likely N-dealkylation sites (tertiary alicyclic amines) is 1. The number of nitrogens with zero attached hydrogens (tertiary/aromatic N) is 5. The quantitative estimate of drug-likeness (QED) is 0.344. The summed E-state index contributed by atoms with van der Waals surface area (Å²) >= 11 is 0. The van der Waals surface area contributed by atoms with Gasteiger partial charge >= 0.3 is 6.18 Å². The van der Waals surface area contributed by atoms with Crippen molar-refractivity contribution in [2.24, 2.45) is 0 Å². The molecule has 1 fully saturated rings. The van der Waals surface area contributed by atoms with Crippen molar-refractivity contribution in [1.82, 2.24) is 30.0 Å². The van der Waals surface area contributed by atoms with E-state index in [0.717, 1.165) is 36.4 Å². The Morgan fingerprint density at radius 2 is 2.05 bits per heavy atom. The summed E-state index contributed by atoms with van der Waals surface area (Å²) in [5.74, 6) is -0.586. The monoisotopic (exact) mass is 531 g/mol. The number of aliphatic hydroxyl groups is 1. The van der Waals surface area contributed by atoms with Crippen LogP contribution in [0.25, 0.3) is 11.1 Å². The van der Waals surface area contributed by atoms with Gasteiger partial charge in [0, 0.05) is 49.7 Å². The number of amides is 2. The van der Waals surface area contributed by atoms with Crippen LogP contribution in [0, 0.1) is 6.92 Å². The summed E-state index contributed by atoms with van der Waals surface area (Å²) in [7, 11) is 0. The molecule has 0 radical (unpaired) electrons. The molecule has 0 spiro atoms. The lowest BCUT2D eigenvalue weighted by atomic mass is 10.1. The van der Waals surface area contributed by atoms with E-state index in [1.165, 1.54) is 4.68 Å². The van der Waals surface area contributed by atoms with Crippen molar-refractivity contribution in [3.8, 4) is 11.1 Å². The second-order valence-electron chi connectivity index (χ2n) is 9.07. The molecule has 13 heteroatoms. The van der Waals surface area contributed by atoms with Gasteiger partial charge in [0.1, 0.15) is 5.69 Å². The highest BCUT2D eigenvalue weighted by Gasteiger charge is 2.32. The third-order valence-electron chi connectivity index (χ3n) is 5.98.